The van der Waals surface area contributed by atoms with Crippen LogP contribution in [0.2, 0.25) is 0 Å². The first-order valence-corrected chi connectivity index (χ1v) is 9.26. The van der Waals surface area contributed by atoms with Gasteiger partial charge in [0.25, 0.3) is 0 Å². The van der Waals surface area contributed by atoms with Gasteiger partial charge < -0.3 is 10.1 Å². The number of hydrogen-bond acceptors (Lipinski definition) is 6. The third kappa shape index (κ3) is 4.11. The molecule has 2 heterocycles. The summed E-state index contributed by atoms with van der Waals surface area (Å²) in [4.78, 5) is 20.8. The molecule has 0 bridgehead atoms. The largest absolute Gasteiger partial charge is 0.493 e. The number of carbonyl (C=O) groups is 1. The minimum atomic E-state index is -0.0758. The fraction of sp³-hybridized carbons (Fsp3) is 0.312. The summed E-state index contributed by atoms with van der Waals surface area (Å²) in [5.74, 6) is 1.68. The fourth-order valence-electron chi connectivity index (χ4n) is 2.18. The zero-order valence-electron chi connectivity index (χ0n) is 12.7. The number of aliphatic imine (C=N–C) groups is 1. The predicted octanol–water partition coefficient (Wildman–Crippen LogP) is 2.97. The average Bonchev–Trinajstić information content (AvgIpc) is 3.20. The lowest BCUT2D eigenvalue weighted by molar-refractivity contribution is -0.119. The second kappa shape index (κ2) is 7.61. The summed E-state index contributed by atoms with van der Waals surface area (Å²) in [6.45, 7) is 3.34. The highest BCUT2D eigenvalue weighted by Gasteiger charge is 2.14. The van der Waals surface area contributed by atoms with Crippen molar-refractivity contribution < 1.29 is 9.53 Å². The maximum Gasteiger partial charge on any atom is 0.231 e. The van der Waals surface area contributed by atoms with Crippen molar-refractivity contribution in [2.75, 3.05) is 18.9 Å². The molecule has 5 nitrogen and oxygen atoms in total. The lowest BCUT2D eigenvalue weighted by Crippen LogP contribution is -2.28. The van der Waals surface area contributed by atoms with Crippen LogP contribution in [0.5, 0.6) is 5.75 Å². The molecule has 1 aliphatic rings. The van der Waals surface area contributed by atoms with E-state index in [9.17, 15) is 4.79 Å². The van der Waals surface area contributed by atoms with Gasteiger partial charge in [-0.3, -0.25) is 9.79 Å². The zero-order valence-corrected chi connectivity index (χ0v) is 14.4. The first kappa shape index (κ1) is 16.0. The molecule has 1 aliphatic heterocycles. The van der Waals surface area contributed by atoms with Crippen LogP contribution in [0.1, 0.15) is 12.6 Å². The molecule has 0 atom stereocenters. The van der Waals surface area contributed by atoms with Gasteiger partial charge in [-0.2, -0.15) is 0 Å². The van der Waals surface area contributed by atoms with Crippen LogP contribution in [0.15, 0.2) is 34.6 Å². The van der Waals surface area contributed by atoms with Crippen LogP contribution in [0.4, 0.5) is 0 Å². The lowest BCUT2D eigenvalue weighted by Gasteiger charge is -2.07. The van der Waals surface area contributed by atoms with Gasteiger partial charge in [0.05, 0.1) is 30.8 Å². The molecule has 0 saturated carbocycles. The maximum absolute atomic E-state index is 12.0. The minimum Gasteiger partial charge on any atom is -0.493 e. The third-order valence-electron chi connectivity index (χ3n) is 3.14. The minimum absolute atomic E-state index is 0.0758. The number of rotatable bonds is 5. The molecule has 1 aromatic heterocycles. The van der Waals surface area contributed by atoms with Crippen molar-refractivity contribution in [2.45, 2.75) is 13.3 Å². The number of thiazole rings is 1. The monoisotopic (exact) mass is 347 g/mol. The number of nitrogens with one attached hydrogen (secondary N) is 1. The number of carbonyl (C=O) groups excluding carboxylic acids is 1. The molecule has 120 valence electrons. The Labute approximate surface area is 143 Å². The molecule has 0 saturated heterocycles. The number of amidine groups is 1. The van der Waals surface area contributed by atoms with E-state index < -0.39 is 0 Å². The Morgan fingerprint density at radius 3 is 3.04 bits per heavy atom. The Kier molecular flexibility index (Phi) is 5.30. The number of benzene rings is 1. The van der Waals surface area contributed by atoms with E-state index in [1.165, 1.54) is 11.3 Å². The van der Waals surface area contributed by atoms with Crippen LogP contribution in [0, 0.1) is 0 Å². The molecule has 0 spiro atoms. The van der Waals surface area contributed by atoms with E-state index >= 15 is 0 Å². The number of ether oxygens (including phenoxy) is 1. The first-order chi connectivity index (χ1) is 11.3. The average molecular weight is 347 g/mol. The number of hydrogen-bond donors (Lipinski definition) is 1. The number of thioether (sulfide) groups is 1. The van der Waals surface area contributed by atoms with Crippen LogP contribution < -0.4 is 10.1 Å². The summed E-state index contributed by atoms with van der Waals surface area (Å²) in [5.41, 5.74) is 1.72. The van der Waals surface area contributed by atoms with E-state index in [1.807, 2.05) is 36.6 Å². The second-order valence-corrected chi connectivity index (χ2v) is 6.78. The van der Waals surface area contributed by atoms with E-state index in [1.54, 1.807) is 11.8 Å². The van der Waals surface area contributed by atoms with Crippen molar-refractivity contribution in [3.63, 3.8) is 0 Å². The van der Waals surface area contributed by atoms with Crippen LogP contribution in [-0.2, 0) is 11.2 Å². The van der Waals surface area contributed by atoms with Crippen LogP contribution >= 0.6 is 23.1 Å². The molecule has 0 fully saturated rings. The molecule has 2 aromatic rings. The highest BCUT2D eigenvalue weighted by atomic mass is 32.2. The van der Waals surface area contributed by atoms with E-state index in [4.69, 9.17) is 4.74 Å². The molecule has 1 amide bonds. The molecular formula is C16H17N3O2S2. The Hall–Kier alpha value is -1.86. The van der Waals surface area contributed by atoms with Crippen molar-refractivity contribution >= 4 is 34.2 Å². The van der Waals surface area contributed by atoms with Gasteiger partial charge in [-0.25, -0.2) is 4.98 Å². The highest BCUT2D eigenvalue weighted by molar-refractivity contribution is 8.14. The molecule has 1 N–H and O–H groups in total. The molecule has 0 aliphatic carbocycles. The highest BCUT2D eigenvalue weighted by Crippen LogP contribution is 2.32. The number of amides is 1. The van der Waals surface area contributed by atoms with Gasteiger partial charge in [0, 0.05) is 11.1 Å². The number of aromatic nitrogens is 1. The van der Waals surface area contributed by atoms with Crippen molar-refractivity contribution in [2.24, 2.45) is 4.99 Å². The molecule has 0 radical (unpaired) electrons. The zero-order chi connectivity index (χ0) is 16.1. The lowest BCUT2D eigenvalue weighted by atomic mass is 10.2. The summed E-state index contributed by atoms with van der Waals surface area (Å²) >= 11 is 3.10. The Morgan fingerprint density at radius 1 is 1.39 bits per heavy atom. The van der Waals surface area contributed by atoms with E-state index in [0.717, 1.165) is 34.3 Å². The van der Waals surface area contributed by atoms with Gasteiger partial charge in [0.1, 0.15) is 10.8 Å². The quantitative estimate of drug-likeness (QED) is 0.903. The maximum atomic E-state index is 12.0. The van der Waals surface area contributed by atoms with Crippen molar-refractivity contribution in [3.05, 3.63) is 35.3 Å². The van der Waals surface area contributed by atoms with Crippen LogP contribution in [0.25, 0.3) is 10.6 Å². The third-order valence-corrected chi connectivity index (χ3v) is 4.96. The van der Waals surface area contributed by atoms with Gasteiger partial charge in [-0.05, 0) is 19.1 Å². The summed E-state index contributed by atoms with van der Waals surface area (Å²) in [6, 6.07) is 7.82. The molecule has 23 heavy (non-hydrogen) atoms. The molecular weight excluding hydrogens is 330 g/mol. The van der Waals surface area contributed by atoms with Gasteiger partial charge in [-0.1, -0.05) is 23.9 Å². The Balaban J connectivity index is 1.69. The van der Waals surface area contributed by atoms with E-state index in [2.05, 4.69) is 15.3 Å². The van der Waals surface area contributed by atoms with Gasteiger partial charge >= 0.3 is 0 Å². The number of nitrogens with zero attached hydrogens (tertiary/aromatic N) is 2. The summed E-state index contributed by atoms with van der Waals surface area (Å²) in [7, 11) is 0. The second-order valence-electron chi connectivity index (χ2n) is 4.83. The van der Waals surface area contributed by atoms with Crippen molar-refractivity contribution in [1.82, 2.24) is 10.3 Å². The Morgan fingerprint density at radius 2 is 2.26 bits per heavy atom. The predicted molar refractivity (Wildman–Crippen MR) is 95.3 cm³/mol. The Bertz CT molecular complexity index is 728. The first-order valence-electron chi connectivity index (χ1n) is 7.40. The molecule has 1 aromatic carbocycles. The normalized spacial score (nSPS) is 13.7. The van der Waals surface area contributed by atoms with Gasteiger partial charge in [0.15, 0.2) is 5.17 Å². The SMILES string of the molecule is CCOc1ccccc1-c1nc(CC(=O)NC2=NCCS2)cs1. The summed E-state index contributed by atoms with van der Waals surface area (Å²) in [5, 5.41) is 6.32. The fourth-order valence-corrected chi connectivity index (χ4v) is 3.77. The smallest absolute Gasteiger partial charge is 0.231 e. The van der Waals surface area contributed by atoms with Crippen LogP contribution in [0.3, 0.4) is 0 Å². The van der Waals surface area contributed by atoms with Crippen molar-refractivity contribution in [1.29, 1.82) is 0 Å². The topological polar surface area (TPSA) is 63.6 Å². The summed E-state index contributed by atoms with van der Waals surface area (Å²) < 4.78 is 5.64. The van der Waals surface area contributed by atoms with Gasteiger partial charge in [-0.15, -0.1) is 11.3 Å². The molecule has 7 heteroatoms. The number of para-hydroxylation sites is 1. The van der Waals surface area contributed by atoms with E-state index in [-0.39, 0.29) is 12.3 Å². The van der Waals surface area contributed by atoms with Crippen LogP contribution in [-0.4, -0.2) is 35.0 Å². The van der Waals surface area contributed by atoms with Gasteiger partial charge in [0.2, 0.25) is 5.91 Å². The standard InChI is InChI=1S/C16H17N3O2S2/c1-2-21-13-6-4-3-5-12(13)15-18-11(10-23-15)9-14(20)19-16-17-7-8-22-16/h3-6,10H,2,7-9H2,1H3,(H,17,19,20). The molecule has 0 unspecified atom stereocenters. The van der Waals surface area contributed by atoms with Crippen molar-refractivity contribution in [3.8, 4) is 16.3 Å². The molecule has 3 rings (SSSR count). The van der Waals surface area contributed by atoms with E-state index in [0.29, 0.717) is 11.8 Å². The summed E-state index contributed by atoms with van der Waals surface area (Å²) in [6.07, 6.45) is 0.257.